The summed E-state index contributed by atoms with van der Waals surface area (Å²) in [6, 6.07) is 20.5. The van der Waals surface area contributed by atoms with Gasteiger partial charge in [-0.15, -0.1) is 0 Å². The second kappa shape index (κ2) is 7.80. The molecule has 0 aromatic heterocycles. The fourth-order valence-corrected chi connectivity index (χ4v) is 2.15. The lowest BCUT2D eigenvalue weighted by Crippen LogP contribution is -2.31. The van der Waals surface area contributed by atoms with Crippen molar-refractivity contribution in [2.75, 3.05) is 19.6 Å². The summed E-state index contributed by atoms with van der Waals surface area (Å²) in [7, 11) is 0. The van der Waals surface area contributed by atoms with Crippen LogP contribution in [0.15, 0.2) is 60.7 Å². The normalized spacial score (nSPS) is 11.2. The Morgan fingerprint density at radius 3 is 1.85 bits per heavy atom. The van der Waals surface area contributed by atoms with E-state index in [4.69, 9.17) is 10.6 Å². The molecule has 2 N–H and O–H groups in total. The summed E-state index contributed by atoms with van der Waals surface area (Å²) in [5.74, 6) is 0. The molecule has 0 saturated carbocycles. The van der Waals surface area contributed by atoms with Crippen LogP contribution < -0.4 is 5.73 Å². The van der Waals surface area contributed by atoms with Gasteiger partial charge in [0.2, 0.25) is 0 Å². The van der Waals surface area contributed by atoms with Crippen LogP contribution in [0.1, 0.15) is 24.2 Å². The van der Waals surface area contributed by atoms with E-state index in [1.54, 1.807) is 0 Å². The Kier molecular flexibility index (Phi) is 5.74. The molecular formula is C17H22N2O. The van der Waals surface area contributed by atoms with Gasteiger partial charge in [-0.1, -0.05) is 67.6 Å². The molecule has 2 aromatic carbocycles. The van der Waals surface area contributed by atoms with E-state index in [2.05, 4.69) is 31.2 Å². The van der Waals surface area contributed by atoms with E-state index in [9.17, 15) is 0 Å². The summed E-state index contributed by atoms with van der Waals surface area (Å²) >= 11 is 0. The summed E-state index contributed by atoms with van der Waals surface area (Å²) in [5, 5.41) is 1.92. The zero-order valence-electron chi connectivity index (χ0n) is 11.9. The van der Waals surface area contributed by atoms with Gasteiger partial charge in [0.1, 0.15) is 6.10 Å². The largest absolute Gasteiger partial charge is 0.329 e. The van der Waals surface area contributed by atoms with Gasteiger partial charge in [-0.25, -0.2) is 0 Å². The monoisotopic (exact) mass is 270 g/mol. The summed E-state index contributed by atoms with van der Waals surface area (Å²) in [6.07, 6.45) is -0.0936. The highest BCUT2D eigenvalue weighted by Gasteiger charge is 2.17. The molecule has 2 aromatic rings. The molecule has 0 atom stereocenters. The molecule has 0 fully saturated rings. The Balaban J connectivity index is 2.25. The standard InChI is InChI=1S/C17H22N2O/c1-2-19(14-13-18)20-17(15-9-5-3-6-10-15)16-11-7-4-8-12-16/h3-12,17H,2,13-14,18H2,1H3. The van der Waals surface area contributed by atoms with Crippen molar-refractivity contribution in [3.8, 4) is 0 Å². The number of nitrogens with two attached hydrogens (primary N) is 1. The quantitative estimate of drug-likeness (QED) is 0.786. The minimum Gasteiger partial charge on any atom is -0.329 e. The lowest BCUT2D eigenvalue weighted by atomic mass is 10.0. The summed E-state index contributed by atoms with van der Waals surface area (Å²) < 4.78 is 0. The van der Waals surface area contributed by atoms with Crippen LogP contribution in [0.3, 0.4) is 0 Å². The number of nitrogens with zero attached hydrogens (tertiary/aromatic N) is 1. The second-order valence-corrected chi connectivity index (χ2v) is 4.62. The summed E-state index contributed by atoms with van der Waals surface area (Å²) in [5.41, 5.74) is 7.93. The van der Waals surface area contributed by atoms with Crippen molar-refractivity contribution in [1.29, 1.82) is 0 Å². The number of hydroxylamine groups is 2. The summed E-state index contributed by atoms with van der Waals surface area (Å²) in [4.78, 5) is 6.17. The van der Waals surface area contributed by atoms with Gasteiger partial charge in [-0.2, -0.15) is 5.06 Å². The van der Waals surface area contributed by atoms with E-state index < -0.39 is 0 Å². The maximum Gasteiger partial charge on any atom is 0.129 e. The van der Waals surface area contributed by atoms with Crippen LogP contribution in [0.25, 0.3) is 0 Å². The third-order valence-corrected chi connectivity index (χ3v) is 3.19. The molecule has 2 rings (SSSR count). The average Bonchev–Trinajstić information content (AvgIpc) is 2.53. The Labute approximate surface area is 120 Å². The molecule has 106 valence electrons. The SMILES string of the molecule is CCN(CCN)OC(c1ccccc1)c1ccccc1. The minimum absolute atomic E-state index is 0.0936. The number of likely N-dealkylation sites (N-methyl/N-ethyl adjacent to an activating group) is 1. The Bertz CT molecular complexity index is 447. The average molecular weight is 270 g/mol. The van der Waals surface area contributed by atoms with Crippen molar-refractivity contribution in [1.82, 2.24) is 5.06 Å². The Morgan fingerprint density at radius 2 is 1.45 bits per heavy atom. The first kappa shape index (κ1) is 14.7. The molecule has 20 heavy (non-hydrogen) atoms. The number of hydrogen-bond donors (Lipinski definition) is 1. The molecule has 0 spiro atoms. The van der Waals surface area contributed by atoms with E-state index in [0.717, 1.165) is 24.2 Å². The number of hydrogen-bond acceptors (Lipinski definition) is 3. The fourth-order valence-electron chi connectivity index (χ4n) is 2.15. The van der Waals surface area contributed by atoms with Crippen LogP contribution in [-0.4, -0.2) is 24.7 Å². The van der Waals surface area contributed by atoms with Crippen LogP contribution in [0.2, 0.25) is 0 Å². The van der Waals surface area contributed by atoms with Gasteiger partial charge < -0.3 is 5.73 Å². The highest BCUT2D eigenvalue weighted by molar-refractivity contribution is 5.29. The van der Waals surface area contributed by atoms with Crippen LogP contribution in [0.5, 0.6) is 0 Å². The first-order valence-electron chi connectivity index (χ1n) is 7.06. The molecule has 0 saturated heterocycles. The van der Waals surface area contributed by atoms with E-state index >= 15 is 0 Å². The predicted octanol–water partition coefficient (Wildman–Crippen LogP) is 2.99. The van der Waals surface area contributed by atoms with E-state index in [1.165, 1.54) is 0 Å². The van der Waals surface area contributed by atoms with Crippen LogP contribution in [0, 0.1) is 0 Å². The fraction of sp³-hybridized carbons (Fsp3) is 0.294. The maximum atomic E-state index is 6.17. The molecule has 0 radical (unpaired) electrons. The number of rotatable bonds is 7. The van der Waals surface area contributed by atoms with Crippen molar-refractivity contribution in [2.45, 2.75) is 13.0 Å². The lowest BCUT2D eigenvalue weighted by molar-refractivity contribution is -0.184. The van der Waals surface area contributed by atoms with Gasteiger partial charge in [0.15, 0.2) is 0 Å². The van der Waals surface area contributed by atoms with E-state index in [0.29, 0.717) is 6.54 Å². The van der Waals surface area contributed by atoms with Gasteiger partial charge in [0.05, 0.1) is 0 Å². The molecule has 0 aliphatic heterocycles. The molecule has 0 heterocycles. The zero-order valence-corrected chi connectivity index (χ0v) is 11.9. The first-order chi connectivity index (χ1) is 9.85. The molecule has 0 amide bonds. The third-order valence-electron chi connectivity index (χ3n) is 3.19. The van der Waals surface area contributed by atoms with Crippen LogP contribution in [0.4, 0.5) is 0 Å². The van der Waals surface area contributed by atoms with Crippen molar-refractivity contribution in [3.63, 3.8) is 0 Å². The topological polar surface area (TPSA) is 38.5 Å². The highest BCUT2D eigenvalue weighted by atomic mass is 16.7. The molecular weight excluding hydrogens is 248 g/mol. The zero-order chi connectivity index (χ0) is 14.2. The third kappa shape index (κ3) is 3.90. The Morgan fingerprint density at radius 1 is 0.950 bits per heavy atom. The van der Waals surface area contributed by atoms with E-state index in [-0.39, 0.29) is 6.10 Å². The van der Waals surface area contributed by atoms with Gasteiger partial charge in [-0.3, -0.25) is 4.84 Å². The molecule has 3 heteroatoms. The highest BCUT2D eigenvalue weighted by Crippen LogP contribution is 2.26. The van der Waals surface area contributed by atoms with Crippen LogP contribution in [-0.2, 0) is 4.84 Å². The van der Waals surface area contributed by atoms with Gasteiger partial charge in [0.25, 0.3) is 0 Å². The molecule has 0 aliphatic carbocycles. The van der Waals surface area contributed by atoms with Crippen molar-refractivity contribution in [2.24, 2.45) is 5.73 Å². The van der Waals surface area contributed by atoms with Gasteiger partial charge in [-0.05, 0) is 11.1 Å². The smallest absolute Gasteiger partial charge is 0.129 e. The van der Waals surface area contributed by atoms with E-state index in [1.807, 2.05) is 41.5 Å². The van der Waals surface area contributed by atoms with Gasteiger partial charge in [0, 0.05) is 19.6 Å². The number of benzene rings is 2. The van der Waals surface area contributed by atoms with Crippen molar-refractivity contribution in [3.05, 3.63) is 71.8 Å². The Hall–Kier alpha value is -1.68. The maximum absolute atomic E-state index is 6.17. The molecule has 0 unspecified atom stereocenters. The molecule has 3 nitrogen and oxygen atoms in total. The van der Waals surface area contributed by atoms with Crippen molar-refractivity contribution >= 4 is 0 Å². The molecule has 0 bridgehead atoms. The van der Waals surface area contributed by atoms with Gasteiger partial charge >= 0.3 is 0 Å². The van der Waals surface area contributed by atoms with Crippen molar-refractivity contribution < 1.29 is 4.84 Å². The molecule has 0 aliphatic rings. The minimum atomic E-state index is -0.0936. The summed E-state index contributed by atoms with van der Waals surface area (Å²) in [6.45, 7) is 4.20. The van der Waals surface area contributed by atoms with Crippen LogP contribution >= 0.6 is 0 Å². The second-order valence-electron chi connectivity index (χ2n) is 4.62. The lowest BCUT2D eigenvalue weighted by Gasteiger charge is -2.26. The predicted molar refractivity (Wildman–Crippen MR) is 82.1 cm³/mol. The first-order valence-corrected chi connectivity index (χ1v) is 7.06.